The van der Waals surface area contributed by atoms with Crippen molar-refractivity contribution in [2.75, 3.05) is 0 Å². The second-order valence-corrected chi connectivity index (χ2v) is 2.75. The molecule has 1 amide bonds. The Labute approximate surface area is 65.4 Å². The SMILES string of the molecule is CC1C(C)C1C(N)=O.O=CO. The molecule has 1 aliphatic carbocycles. The van der Waals surface area contributed by atoms with Crippen LogP contribution in [0.15, 0.2) is 0 Å². The molecule has 4 nitrogen and oxygen atoms in total. The molecule has 3 N–H and O–H groups in total. The predicted molar refractivity (Wildman–Crippen MR) is 39.7 cm³/mol. The van der Waals surface area contributed by atoms with Gasteiger partial charge in [-0.3, -0.25) is 9.59 Å². The quantitative estimate of drug-likeness (QED) is 0.531. The number of rotatable bonds is 1. The lowest BCUT2D eigenvalue weighted by molar-refractivity contribution is -0.123. The van der Waals surface area contributed by atoms with Gasteiger partial charge in [0, 0.05) is 5.92 Å². The van der Waals surface area contributed by atoms with E-state index in [-0.39, 0.29) is 18.3 Å². The van der Waals surface area contributed by atoms with E-state index < -0.39 is 0 Å². The molecule has 0 bridgehead atoms. The normalized spacial score (nSPS) is 33.1. The van der Waals surface area contributed by atoms with Crippen LogP contribution in [-0.2, 0) is 9.59 Å². The summed E-state index contributed by atoms with van der Waals surface area (Å²) in [6.07, 6.45) is 0. The van der Waals surface area contributed by atoms with Crippen molar-refractivity contribution in [2.24, 2.45) is 23.5 Å². The molecular weight excluding hydrogens is 146 g/mol. The highest BCUT2D eigenvalue weighted by Crippen LogP contribution is 2.44. The molecule has 2 atom stereocenters. The molecule has 1 fully saturated rings. The number of hydrogen-bond donors (Lipinski definition) is 2. The number of amides is 1. The molecule has 0 radical (unpaired) electrons. The first-order chi connectivity index (χ1) is 5.06. The van der Waals surface area contributed by atoms with Gasteiger partial charge in [0.05, 0.1) is 0 Å². The number of carbonyl (C=O) groups excluding carboxylic acids is 1. The van der Waals surface area contributed by atoms with E-state index in [1.54, 1.807) is 0 Å². The molecule has 1 aliphatic rings. The largest absolute Gasteiger partial charge is 0.483 e. The molecule has 2 unspecified atom stereocenters. The molecule has 0 aromatic heterocycles. The molecule has 0 heterocycles. The highest BCUT2D eigenvalue weighted by molar-refractivity contribution is 5.80. The van der Waals surface area contributed by atoms with Crippen molar-refractivity contribution in [3.05, 3.63) is 0 Å². The Morgan fingerprint density at radius 2 is 1.73 bits per heavy atom. The minimum Gasteiger partial charge on any atom is -0.483 e. The number of hydrogen-bond acceptors (Lipinski definition) is 2. The van der Waals surface area contributed by atoms with Crippen LogP contribution in [0.5, 0.6) is 0 Å². The summed E-state index contributed by atoms with van der Waals surface area (Å²) in [5.41, 5.74) is 5.04. The lowest BCUT2D eigenvalue weighted by Crippen LogP contribution is -2.14. The lowest BCUT2D eigenvalue weighted by atomic mass is 10.3. The zero-order valence-corrected chi connectivity index (χ0v) is 6.65. The standard InChI is InChI=1S/C6H11NO.CH2O2/c1-3-4(2)5(3)6(7)8;2-1-3/h3-5H,1-2H3,(H2,7,8);1H,(H,2,3). The van der Waals surface area contributed by atoms with Crippen LogP contribution in [0.3, 0.4) is 0 Å². The van der Waals surface area contributed by atoms with E-state index in [1.807, 2.05) is 0 Å². The van der Waals surface area contributed by atoms with E-state index in [9.17, 15) is 4.79 Å². The highest BCUT2D eigenvalue weighted by Gasteiger charge is 2.46. The molecule has 0 saturated heterocycles. The molecule has 64 valence electrons. The third-order valence-electron chi connectivity index (χ3n) is 2.15. The maximum atomic E-state index is 10.4. The van der Waals surface area contributed by atoms with Crippen molar-refractivity contribution in [3.8, 4) is 0 Å². The third kappa shape index (κ3) is 2.57. The van der Waals surface area contributed by atoms with Crippen LogP contribution in [0.4, 0.5) is 0 Å². The van der Waals surface area contributed by atoms with Crippen molar-refractivity contribution >= 4 is 12.4 Å². The van der Waals surface area contributed by atoms with Crippen molar-refractivity contribution in [1.29, 1.82) is 0 Å². The van der Waals surface area contributed by atoms with E-state index >= 15 is 0 Å². The first-order valence-corrected chi connectivity index (χ1v) is 3.43. The summed E-state index contributed by atoms with van der Waals surface area (Å²) in [6, 6.07) is 0. The second kappa shape index (κ2) is 3.95. The minimum absolute atomic E-state index is 0.134. The molecule has 1 saturated carbocycles. The summed E-state index contributed by atoms with van der Waals surface area (Å²) in [4.78, 5) is 18.8. The average Bonchev–Trinajstić information content (AvgIpc) is 2.42. The van der Waals surface area contributed by atoms with Crippen molar-refractivity contribution in [2.45, 2.75) is 13.8 Å². The summed E-state index contributed by atoms with van der Waals surface area (Å²) in [5.74, 6) is 1.11. The Bertz CT molecular complexity index is 150. The van der Waals surface area contributed by atoms with Gasteiger partial charge >= 0.3 is 0 Å². The van der Waals surface area contributed by atoms with Crippen LogP contribution in [0.25, 0.3) is 0 Å². The number of primary amides is 1. The van der Waals surface area contributed by atoms with Gasteiger partial charge in [-0.2, -0.15) is 0 Å². The zero-order chi connectivity index (χ0) is 9.02. The summed E-state index contributed by atoms with van der Waals surface area (Å²) in [5, 5.41) is 6.89. The highest BCUT2D eigenvalue weighted by atomic mass is 16.3. The minimum atomic E-state index is -0.250. The van der Waals surface area contributed by atoms with Gasteiger partial charge in [0.1, 0.15) is 0 Å². The maximum absolute atomic E-state index is 10.4. The van der Waals surface area contributed by atoms with Crippen LogP contribution >= 0.6 is 0 Å². The Hall–Kier alpha value is -1.06. The summed E-state index contributed by atoms with van der Waals surface area (Å²) < 4.78 is 0. The van der Waals surface area contributed by atoms with Crippen molar-refractivity contribution in [1.82, 2.24) is 0 Å². The van der Waals surface area contributed by atoms with Crippen molar-refractivity contribution < 1.29 is 14.7 Å². The summed E-state index contributed by atoms with van der Waals surface area (Å²) in [6.45, 7) is 3.86. The van der Waals surface area contributed by atoms with Gasteiger partial charge in [-0.05, 0) is 11.8 Å². The first kappa shape index (κ1) is 9.94. The number of nitrogens with two attached hydrogens (primary N) is 1. The van der Waals surface area contributed by atoms with E-state index in [0.717, 1.165) is 0 Å². The fraction of sp³-hybridized carbons (Fsp3) is 0.714. The van der Waals surface area contributed by atoms with Gasteiger partial charge in [-0.1, -0.05) is 13.8 Å². The molecule has 0 aromatic rings. The molecule has 0 aliphatic heterocycles. The smallest absolute Gasteiger partial charge is 0.290 e. The van der Waals surface area contributed by atoms with Gasteiger partial charge in [0.25, 0.3) is 6.47 Å². The fourth-order valence-electron chi connectivity index (χ4n) is 1.18. The van der Waals surface area contributed by atoms with Gasteiger partial charge in [-0.15, -0.1) is 0 Å². The van der Waals surface area contributed by atoms with Crippen molar-refractivity contribution in [3.63, 3.8) is 0 Å². The number of carboxylic acid groups (broad SMARTS) is 1. The Morgan fingerprint density at radius 3 is 1.73 bits per heavy atom. The molecule has 4 heteroatoms. The van der Waals surface area contributed by atoms with E-state index in [0.29, 0.717) is 11.8 Å². The van der Waals surface area contributed by atoms with E-state index in [4.69, 9.17) is 15.6 Å². The van der Waals surface area contributed by atoms with Gasteiger partial charge in [0.2, 0.25) is 5.91 Å². The first-order valence-electron chi connectivity index (χ1n) is 3.43. The Morgan fingerprint density at radius 1 is 1.45 bits per heavy atom. The van der Waals surface area contributed by atoms with Crippen LogP contribution < -0.4 is 5.73 Å². The lowest BCUT2D eigenvalue weighted by Gasteiger charge is -1.82. The Balaban J connectivity index is 0.000000292. The third-order valence-corrected chi connectivity index (χ3v) is 2.15. The monoisotopic (exact) mass is 159 g/mol. The second-order valence-electron chi connectivity index (χ2n) is 2.75. The zero-order valence-electron chi connectivity index (χ0n) is 6.65. The molecular formula is C7H13NO3. The van der Waals surface area contributed by atoms with Crippen LogP contribution in [0.1, 0.15) is 13.8 Å². The summed E-state index contributed by atoms with van der Waals surface area (Å²) >= 11 is 0. The Kier molecular flexibility index (Phi) is 3.57. The van der Waals surface area contributed by atoms with Gasteiger partial charge in [-0.25, -0.2) is 0 Å². The topological polar surface area (TPSA) is 80.4 Å². The maximum Gasteiger partial charge on any atom is 0.290 e. The fourth-order valence-corrected chi connectivity index (χ4v) is 1.18. The van der Waals surface area contributed by atoms with Gasteiger partial charge < -0.3 is 10.8 Å². The van der Waals surface area contributed by atoms with Crippen LogP contribution in [-0.4, -0.2) is 17.5 Å². The molecule has 1 rings (SSSR count). The predicted octanol–water partition coefficient (Wildman–Crippen LogP) is 0.0745. The van der Waals surface area contributed by atoms with E-state index in [2.05, 4.69) is 13.8 Å². The van der Waals surface area contributed by atoms with E-state index in [1.165, 1.54) is 0 Å². The molecule has 0 spiro atoms. The molecule has 11 heavy (non-hydrogen) atoms. The van der Waals surface area contributed by atoms with Gasteiger partial charge in [0.15, 0.2) is 0 Å². The van der Waals surface area contributed by atoms with Crippen LogP contribution in [0, 0.1) is 17.8 Å². The molecule has 0 aromatic carbocycles. The summed E-state index contributed by atoms with van der Waals surface area (Å²) in [7, 11) is 0. The average molecular weight is 159 g/mol. The number of carbonyl (C=O) groups is 2. The van der Waals surface area contributed by atoms with Crippen LogP contribution in [0.2, 0.25) is 0 Å².